The summed E-state index contributed by atoms with van der Waals surface area (Å²) in [6.07, 6.45) is -3.36. The van der Waals surface area contributed by atoms with Crippen LogP contribution in [0.4, 0.5) is 13.6 Å². The number of likely N-dealkylation sites (tertiary alicyclic amines) is 1. The largest absolute Gasteiger partial charge is 0.465 e. The minimum Gasteiger partial charge on any atom is -0.465 e. The van der Waals surface area contributed by atoms with Gasteiger partial charge in [0.05, 0.1) is 23.6 Å². The maximum Gasteiger partial charge on any atom is 0.407 e. The third kappa shape index (κ3) is 5.12. The minimum atomic E-state index is -2.67. The van der Waals surface area contributed by atoms with Crippen LogP contribution in [0.3, 0.4) is 0 Å². The van der Waals surface area contributed by atoms with Gasteiger partial charge >= 0.3 is 6.09 Å². The molecule has 8 nitrogen and oxygen atoms in total. The maximum absolute atomic E-state index is 13.6. The Balaban J connectivity index is 2.01. The van der Waals surface area contributed by atoms with Gasteiger partial charge in [-0.3, -0.25) is 4.79 Å². The zero-order valence-electron chi connectivity index (χ0n) is 17.6. The smallest absolute Gasteiger partial charge is 0.407 e. The van der Waals surface area contributed by atoms with E-state index in [4.69, 9.17) is 0 Å². The van der Waals surface area contributed by atoms with E-state index in [2.05, 4.69) is 4.98 Å². The van der Waals surface area contributed by atoms with E-state index in [1.54, 1.807) is 24.3 Å². The second kappa shape index (κ2) is 9.59. The van der Waals surface area contributed by atoms with E-state index in [1.807, 2.05) is 13.8 Å². The topological polar surface area (TPSA) is 98.9 Å². The number of rotatable bonds is 7. The Morgan fingerprint density at radius 1 is 1.26 bits per heavy atom. The molecule has 1 aliphatic rings. The molecule has 2 N–H and O–H groups in total. The summed E-state index contributed by atoms with van der Waals surface area (Å²) in [7, 11) is 0. The van der Waals surface area contributed by atoms with Crippen molar-refractivity contribution in [1.82, 2.24) is 19.4 Å². The number of hydrogen-bond acceptors (Lipinski definition) is 4. The van der Waals surface area contributed by atoms with Crippen LogP contribution < -0.4 is 0 Å². The molecule has 31 heavy (non-hydrogen) atoms. The van der Waals surface area contributed by atoms with Crippen molar-refractivity contribution in [2.75, 3.05) is 26.2 Å². The number of halogens is 2. The average Bonchev–Trinajstić information content (AvgIpc) is 3.08. The van der Waals surface area contributed by atoms with Gasteiger partial charge in [0.15, 0.2) is 5.82 Å². The molecular formula is C21H28F2N4O4. The second-order valence-electron chi connectivity index (χ2n) is 8.40. The van der Waals surface area contributed by atoms with Crippen molar-refractivity contribution < 1.29 is 28.6 Å². The number of carboxylic acid groups (broad SMARTS) is 1. The predicted octanol–water partition coefficient (Wildman–Crippen LogP) is 2.76. The van der Waals surface area contributed by atoms with Crippen LogP contribution >= 0.6 is 0 Å². The van der Waals surface area contributed by atoms with Crippen LogP contribution in [0.2, 0.25) is 0 Å². The van der Waals surface area contributed by atoms with Crippen molar-refractivity contribution >= 4 is 23.0 Å². The number of alkyl halides is 2. The van der Waals surface area contributed by atoms with E-state index in [1.165, 1.54) is 14.4 Å². The summed E-state index contributed by atoms with van der Waals surface area (Å²) in [6, 6.07) is 6.24. The molecule has 1 saturated heterocycles. The molecule has 1 fully saturated rings. The monoisotopic (exact) mass is 438 g/mol. The van der Waals surface area contributed by atoms with E-state index < -0.39 is 31.0 Å². The molecule has 2 amide bonds. The lowest BCUT2D eigenvalue weighted by Gasteiger charge is -2.41. The predicted molar refractivity (Wildman–Crippen MR) is 110 cm³/mol. The quantitative estimate of drug-likeness (QED) is 0.693. The number of nitrogens with zero attached hydrogens (tertiary/aromatic N) is 4. The van der Waals surface area contributed by atoms with Gasteiger partial charge in [0.2, 0.25) is 0 Å². The van der Waals surface area contributed by atoms with Crippen LogP contribution in [0.15, 0.2) is 24.3 Å². The molecule has 0 unspecified atom stereocenters. The molecule has 2 atom stereocenters. The van der Waals surface area contributed by atoms with Crippen molar-refractivity contribution in [3.05, 3.63) is 30.1 Å². The summed E-state index contributed by atoms with van der Waals surface area (Å²) in [6.45, 7) is 3.58. The van der Waals surface area contributed by atoms with E-state index >= 15 is 0 Å². The molecule has 2 heterocycles. The standard InChI is InChI=1S/C21H28F2N4O4/c1-13(2)8-26(15-7-14(12-28)9-25(10-15)21(30)31)20(29)19-24-16-5-3-4-6-17(16)27(19)11-18(22)23/h3-6,13-15,18,28H,7-12H2,1-2H3,(H,30,31)/t14-,15+/m1/s1. The van der Waals surface area contributed by atoms with Crippen molar-refractivity contribution in [3.63, 3.8) is 0 Å². The van der Waals surface area contributed by atoms with E-state index in [9.17, 15) is 28.6 Å². The minimum absolute atomic E-state index is 0.0599. The highest BCUT2D eigenvalue weighted by Crippen LogP contribution is 2.25. The molecule has 0 bridgehead atoms. The van der Waals surface area contributed by atoms with Gasteiger partial charge in [-0.15, -0.1) is 0 Å². The average molecular weight is 438 g/mol. The number of carbonyl (C=O) groups is 2. The first-order valence-corrected chi connectivity index (χ1v) is 10.3. The summed E-state index contributed by atoms with van der Waals surface area (Å²) in [4.78, 5) is 32.2. The van der Waals surface area contributed by atoms with Gasteiger partial charge < -0.3 is 24.6 Å². The molecule has 170 valence electrons. The number of piperidine rings is 1. The van der Waals surface area contributed by atoms with Crippen LogP contribution in [0.25, 0.3) is 11.0 Å². The Morgan fingerprint density at radius 2 is 1.97 bits per heavy atom. The molecule has 10 heteroatoms. The molecule has 0 saturated carbocycles. The second-order valence-corrected chi connectivity index (χ2v) is 8.40. The van der Waals surface area contributed by atoms with E-state index in [0.29, 0.717) is 24.0 Å². The fourth-order valence-corrected chi connectivity index (χ4v) is 4.17. The summed E-state index contributed by atoms with van der Waals surface area (Å²) < 4.78 is 27.8. The Bertz CT molecular complexity index is 933. The molecule has 0 spiro atoms. The van der Waals surface area contributed by atoms with Crippen LogP contribution in [-0.2, 0) is 6.54 Å². The van der Waals surface area contributed by atoms with Crippen molar-refractivity contribution in [2.45, 2.75) is 39.3 Å². The van der Waals surface area contributed by atoms with Crippen molar-refractivity contribution in [2.24, 2.45) is 11.8 Å². The number of carbonyl (C=O) groups excluding carboxylic acids is 1. The van der Waals surface area contributed by atoms with Crippen LogP contribution in [0.1, 0.15) is 30.9 Å². The fraction of sp³-hybridized carbons (Fsp3) is 0.571. The van der Waals surface area contributed by atoms with E-state index in [0.717, 1.165) is 0 Å². The number of amides is 2. The van der Waals surface area contributed by atoms with Crippen LogP contribution in [-0.4, -0.2) is 80.3 Å². The molecular weight excluding hydrogens is 410 g/mol. The summed E-state index contributed by atoms with van der Waals surface area (Å²) >= 11 is 0. The number of aromatic nitrogens is 2. The van der Waals surface area contributed by atoms with Gasteiger partial charge in [-0.1, -0.05) is 26.0 Å². The fourth-order valence-electron chi connectivity index (χ4n) is 4.17. The van der Waals surface area contributed by atoms with Gasteiger partial charge in [0.1, 0.15) is 0 Å². The first-order chi connectivity index (χ1) is 14.7. The third-order valence-corrected chi connectivity index (χ3v) is 5.47. The summed E-state index contributed by atoms with van der Waals surface area (Å²) in [5, 5.41) is 19.1. The zero-order valence-corrected chi connectivity index (χ0v) is 17.6. The Kier molecular flexibility index (Phi) is 7.09. The lowest BCUT2D eigenvalue weighted by molar-refractivity contribution is 0.0307. The Morgan fingerprint density at radius 3 is 2.58 bits per heavy atom. The molecule has 1 aromatic heterocycles. The molecule has 2 aromatic rings. The molecule has 3 rings (SSSR count). The lowest BCUT2D eigenvalue weighted by Crippen LogP contribution is -2.55. The summed E-state index contributed by atoms with van der Waals surface area (Å²) in [5.74, 6) is -0.850. The normalized spacial score (nSPS) is 19.4. The van der Waals surface area contributed by atoms with Gasteiger partial charge in [-0.25, -0.2) is 18.6 Å². The van der Waals surface area contributed by atoms with Crippen LogP contribution in [0.5, 0.6) is 0 Å². The van der Waals surface area contributed by atoms with Crippen molar-refractivity contribution in [3.8, 4) is 0 Å². The highest BCUT2D eigenvalue weighted by atomic mass is 19.3. The number of aliphatic hydroxyl groups is 1. The summed E-state index contributed by atoms with van der Waals surface area (Å²) in [5.41, 5.74) is 0.889. The number of imidazole rings is 1. The number of aliphatic hydroxyl groups excluding tert-OH is 1. The number of para-hydroxylation sites is 2. The molecule has 1 aliphatic heterocycles. The van der Waals surface area contributed by atoms with Gasteiger partial charge in [0, 0.05) is 32.2 Å². The number of fused-ring (bicyclic) bond motifs is 1. The van der Waals surface area contributed by atoms with Gasteiger partial charge in [0.25, 0.3) is 12.3 Å². The van der Waals surface area contributed by atoms with Crippen LogP contribution in [0, 0.1) is 11.8 Å². The Hall–Kier alpha value is -2.75. The Labute approximate surface area is 179 Å². The molecule has 0 radical (unpaired) electrons. The maximum atomic E-state index is 13.6. The molecule has 0 aliphatic carbocycles. The highest BCUT2D eigenvalue weighted by Gasteiger charge is 2.37. The number of hydrogen-bond donors (Lipinski definition) is 2. The number of benzene rings is 1. The van der Waals surface area contributed by atoms with Crippen molar-refractivity contribution in [1.29, 1.82) is 0 Å². The zero-order chi connectivity index (χ0) is 22.7. The SMILES string of the molecule is CC(C)CN(C(=O)c1nc2ccccc2n1CC(F)F)[C@H]1C[C@@H](CO)CN(C(=O)O)C1. The first-order valence-electron chi connectivity index (χ1n) is 10.3. The lowest BCUT2D eigenvalue weighted by atomic mass is 9.93. The van der Waals surface area contributed by atoms with E-state index in [-0.39, 0.29) is 37.4 Å². The highest BCUT2D eigenvalue weighted by molar-refractivity contribution is 5.95. The first kappa shape index (κ1) is 22.9. The van der Waals surface area contributed by atoms with Gasteiger partial charge in [-0.2, -0.15) is 0 Å². The van der Waals surface area contributed by atoms with Gasteiger partial charge in [-0.05, 0) is 24.5 Å². The molecule has 1 aromatic carbocycles. The third-order valence-electron chi connectivity index (χ3n) is 5.47.